The average Bonchev–Trinajstić information content (AvgIpc) is 2.65. The summed E-state index contributed by atoms with van der Waals surface area (Å²) in [7, 11) is -3.81. The minimum Gasteiger partial charge on any atom is -0.484 e. The van der Waals surface area contributed by atoms with Crippen molar-refractivity contribution in [1.82, 2.24) is 10.6 Å². The number of benzene rings is 2. The lowest BCUT2D eigenvalue weighted by molar-refractivity contribution is -0.123. The molecule has 2 aromatic carbocycles. The van der Waals surface area contributed by atoms with Gasteiger partial charge in [-0.2, -0.15) is 0 Å². The normalized spacial score (nSPS) is 12.5. The molecule has 2 rings (SSSR count). The van der Waals surface area contributed by atoms with Crippen molar-refractivity contribution in [2.24, 2.45) is 5.14 Å². The second kappa shape index (κ2) is 10.5. The summed E-state index contributed by atoms with van der Waals surface area (Å²) in [6.45, 7) is -0.307. The number of hydrogen-bond acceptors (Lipinski definition) is 5. The van der Waals surface area contributed by atoms with Crippen LogP contribution in [0, 0.1) is 0 Å². The van der Waals surface area contributed by atoms with Crippen LogP contribution < -0.4 is 25.8 Å². The number of sulfonamides is 1. The van der Waals surface area contributed by atoms with E-state index in [1.807, 2.05) is 6.07 Å². The minimum absolute atomic E-state index is 0.0129. The van der Waals surface area contributed by atoms with Crippen LogP contribution in [-0.2, 0) is 14.8 Å². The molecule has 0 aliphatic heterocycles. The number of thiocarbonyl (C=S) groups is 1. The smallest absolute Gasteiger partial charge is 0.259 e. The van der Waals surface area contributed by atoms with Crippen molar-refractivity contribution in [2.75, 3.05) is 11.9 Å². The molecule has 0 spiro atoms. The van der Waals surface area contributed by atoms with Gasteiger partial charge in [-0.25, -0.2) is 13.6 Å². The summed E-state index contributed by atoms with van der Waals surface area (Å²) in [5, 5.41) is 13.0. The van der Waals surface area contributed by atoms with E-state index in [0.717, 1.165) is 0 Å². The third-order valence-electron chi connectivity index (χ3n) is 3.46. The van der Waals surface area contributed by atoms with E-state index in [-0.39, 0.29) is 16.6 Å². The Labute approximate surface area is 194 Å². The van der Waals surface area contributed by atoms with Crippen LogP contribution in [0.25, 0.3) is 0 Å². The van der Waals surface area contributed by atoms with Gasteiger partial charge in [-0.15, -0.1) is 0 Å². The predicted molar refractivity (Wildman–Crippen MR) is 121 cm³/mol. The molecular weight excluding hydrogens is 495 g/mol. The number of ether oxygens (including phenoxy) is 1. The van der Waals surface area contributed by atoms with Crippen molar-refractivity contribution in [1.29, 1.82) is 0 Å². The molecule has 0 unspecified atom stereocenters. The molecule has 0 saturated heterocycles. The predicted octanol–water partition coefficient (Wildman–Crippen LogP) is 2.51. The summed E-state index contributed by atoms with van der Waals surface area (Å²) in [4.78, 5) is 12.1. The molecule has 0 aliphatic rings. The molecule has 0 aromatic heterocycles. The van der Waals surface area contributed by atoms with Crippen LogP contribution in [0.15, 0.2) is 59.5 Å². The maximum Gasteiger partial charge on any atom is 0.259 e. The molecule has 0 bridgehead atoms. The van der Waals surface area contributed by atoms with Crippen LogP contribution in [0.3, 0.4) is 0 Å². The number of amides is 1. The molecule has 0 radical (unpaired) electrons. The number of primary sulfonamides is 1. The number of hydrogen-bond donors (Lipinski definition) is 4. The van der Waals surface area contributed by atoms with E-state index in [4.69, 9.17) is 56.9 Å². The van der Waals surface area contributed by atoms with Crippen LogP contribution in [0.4, 0.5) is 5.69 Å². The summed E-state index contributed by atoms with van der Waals surface area (Å²) >= 11 is 22.9. The fraction of sp³-hybridized carbons (Fsp3) is 0.176. The highest BCUT2D eigenvalue weighted by atomic mass is 35.6. The van der Waals surface area contributed by atoms with E-state index in [0.29, 0.717) is 11.4 Å². The minimum atomic E-state index is -3.81. The highest BCUT2D eigenvalue weighted by Crippen LogP contribution is 2.29. The highest BCUT2D eigenvalue weighted by Gasteiger charge is 2.34. The van der Waals surface area contributed by atoms with Gasteiger partial charge in [-0.05, 0) is 48.6 Å². The van der Waals surface area contributed by atoms with Crippen LogP contribution in [0.5, 0.6) is 5.75 Å². The van der Waals surface area contributed by atoms with Gasteiger partial charge < -0.3 is 20.7 Å². The van der Waals surface area contributed by atoms with E-state index < -0.39 is 25.9 Å². The maximum absolute atomic E-state index is 12.2. The van der Waals surface area contributed by atoms with Gasteiger partial charge in [-0.1, -0.05) is 53.0 Å². The first kappa shape index (κ1) is 24.4. The number of para-hydroxylation sites is 1. The van der Waals surface area contributed by atoms with Gasteiger partial charge in [0.1, 0.15) is 11.9 Å². The lowest BCUT2D eigenvalue weighted by Crippen LogP contribution is -2.56. The van der Waals surface area contributed by atoms with E-state index in [9.17, 15) is 13.2 Å². The maximum atomic E-state index is 12.2. The van der Waals surface area contributed by atoms with Gasteiger partial charge >= 0.3 is 0 Å². The van der Waals surface area contributed by atoms with Gasteiger partial charge in [0, 0.05) is 5.69 Å². The third-order valence-corrected chi connectivity index (χ3v) is 5.27. The molecule has 30 heavy (non-hydrogen) atoms. The molecule has 1 atom stereocenters. The first-order valence-electron chi connectivity index (χ1n) is 8.19. The summed E-state index contributed by atoms with van der Waals surface area (Å²) in [5.74, 6) is -0.0471. The lowest BCUT2D eigenvalue weighted by atomic mass is 10.3. The van der Waals surface area contributed by atoms with Crippen LogP contribution >= 0.6 is 47.0 Å². The van der Waals surface area contributed by atoms with Crippen LogP contribution in [0.1, 0.15) is 0 Å². The number of nitrogens with one attached hydrogen (secondary N) is 3. The van der Waals surface area contributed by atoms with E-state index >= 15 is 0 Å². The Kier molecular flexibility index (Phi) is 8.53. The molecule has 0 fully saturated rings. The largest absolute Gasteiger partial charge is 0.484 e. The Morgan fingerprint density at radius 3 is 2.20 bits per heavy atom. The Hall–Kier alpha value is -1.82. The first-order chi connectivity index (χ1) is 13.9. The average molecular weight is 512 g/mol. The van der Waals surface area contributed by atoms with Crippen molar-refractivity contribution in [2.45, 2.75) is 14.9 Å². The molecule has 2 aromatic rings. The molecule has 1 amide bonds. The summed E-state index contributed by atoms with van der Waals surface area (Å²) in [6.07, 6.45) is -1.18. The zero-order valence-corrected chi connectivity index (χ0v) is 19.0. The Balaban J connectivity index is 1.95. The first-order valence-corrected chi connectivity index (χ1v) is 11.3. The Morgan fingerprint density at radius 2 is 1.67 bits per heavy atom. The molecule has 13 heteroatoms. The number of halogens is 3. The van der Waals surface area contributed by atoms with Crippen molar-refractivity contribution >= 4 is 73.8 Å². The Bertz CT molecular complexity index is 984. The van der Waals surface area contributed by atoms with E-state index in [1.165, 1.54) is 24.3 Å². The van der Waals surface area contributed by atoms with Crippen molar-refractivity contribution in [3.63, 3.8) is 0 Å². The van der Waals surface area contributed by atoms with Crippen molar-refractivity contribution in [3.05, 3.63) is 54.6 Å². The molecule has 162 valence electrons. The topological polar surface area (TPSA) is 123 Å². The molecule has 0 heterocycles. The molecular formula is C17H17Cl3N4O4S2. The summed E-state index contributed by atoms with van der Waals surface area (Å²) in [6, 6.07) is 14.2. The van der Waals surface area contributed by atoms with Crippen LogP contribution in [-0.4, -0.2) is 36.0 Å². The van der Waals surface area contributed by atoms with E-state index in [1.54, 1.807) is 24.3 Å². The second-order valence-corrected chi connectivity index (χ2v) is 10.2. The molecule has 0 aliphatic carbocycles. The van der Waals surface area contributed by atoms with Gasteiger partial charge in [0.15, 0.2) is 11.7 Å². The summed E-state index contributed by atoms with van der Waals surface area (Å²) in [5.41, 5.74) is 0.446. The van der Waals surface area contributed by atoms with Crippen LogP contribution in [0.2, 0.25) is 0 Å². The van der Waals surface area contributed by atoms with Crippen molar-refractivity contribution in [3.8, 4) is 5.75 Å². The zero-order chi connectivity index (χ0) is 22.4. The molecule has 8 nitrogen and oxygen atoms in total. The SMILES string of the molecule is NS(=O)(=O)c1ccc(NC(=S)N[C@H](NC(=O)COc2ccccc2)C(Cl)(Cl)Cl)cc1. The monoisotopic (exact) mass is 510 g/mol. The van der Waals surface area contributed by atoms with Gasteiger partial charge in [0.2, 0.25) is 13.8 Å². The Morgan fingerprint density at radius 1 is 1.07 bits per heavy atom. The number of carbonyl (C=O) groups is 1. The fourth-order valence-electron chi connectivity index (χ4n) is 2.09. The molecule has 0 saturated carbocycles. The lowest BCUT2D eigenvalue weighted by Gasteiger charge is -2.27. The number of alkyl halides is 3. The quantitative estimate of drug-likeness (QED) is 0.256. The zero-order valence-electron chi connectivity index (χ0n) is 15.1. The highest BCUT2D eigenvalue weighted by molar-refractivity contribution is 7.89. The van der Waals surface area contributed by atoms with Crippen molar-refractivity contribution < 1.29 is 17.9 Å². The number of nitrogens with two attached hydrogens (primary N) is 1. The number of carbonyl (C=O) groups excluding carboxylic acids is 1. The number of anilines is 1. The number of rotatable bonds is 7. The van der Waals surface area contributed by atoms with Gasteiger partial charge in [0.05, 0.1) is 4.90 Å². The van der Waals surface area contributed by atoms with Gasteiger partial charge in [0.25, 0.3) is 5.91 Å². The van der Waals surface area contributed by atoms with Gasteiger partial charge in [-0.3, -0.25) is 4.79 Å². The second-order valence-electron chi connectivity index (χ2n) is 5.81. The van der Waals surface area contributed by atoms with E-state index in [2.05, 4.69) is 16.0 Å². The third kappa shape index (κ3) is 8.13. The fourth-order valence-corrected chi connectivity index (χ4v) is 3.17. The molecule has 5 N–H and O–H groups in total. The summed E-state index contributed by atoms with van der Waals surface area (Å²) < 4.78 is 26.0. The standard InChI is InChI=1S/C17H17Cl3N4O4S2/c18-17(19,20)15(23-14(25)10-28-12-4-2-1-3-5-12)24-16(29)22-11-6-8-13(9-7-11)30(21,26)27/h1-9,15H,10H2,(H,23,25)(H2,21,26,27)(H2,22,24,29)/t15-/m0/s1.